The average molecular weight is 276 g/mol. The lowest BCUT2D eigenvalue weighted by Crippen LogP contribution is -2.39. The van der Waals surface area contributed by atoms with Crippen molar-refractivity contribution >= 4 is 17.2 Å². The molecule has 2 saturated heterocycles. The first-order valence-electron chi connectivity index (χ1n) is 6.92. The molecule has 1 aromatic rings. The number of carbonyl (C=O) groups excluding carboxylic acids is 1. The Balaban J connectivity index is 1.76. The van der Waals surface area contributed by atoms with Crippen LogP contribution in [0.2, 0.25) is 0 Å². The standard InChI is InChI=1S/C15H20N2OS/c1-3-7-16-8-4-13-12(16)5-9-17(13)15(18)14-11(2)6-10-19-14/h3,6,10,12-13H,1,4-5,7-9H2,2H3/t12-,13+/m0/s1. The Bertz CT molecular complexity index is 496. The molecule has 1 amide bonds. The van der Waals surface area contributed by atoms with E-state index in [4.69, 9.17) is 0 Å². The summed E-state index contributed by atoms with van der Waals surface area (Å²) >= 11 is 1.57. The number of hydrogen-bond donors (Lipinski definition) is 0. The number of fused-ring (bicyclic) bond motifs is 1. The molecule has 3 rings (SSSR count). The van der Waals surface area contributed by atoms with Crippen LogP contribution in [0.4, 0.5) is 0 Å². The van der Waals surface area contributed by atoms with Crippen LogP contribution in [0.5, 0.6) is 0 Å². The highest BCUT2D eigenvalue weighted by Gasteiger charge is 2.44. The van der Waals surface area contributed by atoms with Crippen molar-refractivity contribution in [3.8, 4) is 0 Å². The molecule has 2 aliphatic heterocycles. The Kier molecular flexibility index (Phi) is 3.46. The van der Waals surface area contributed by atoms with Crippen LogP contribution < -0.4 is 0 Å². The van der Waals surface area contributed by atoms with E-state index in [2.05, 4.69) is 16.4 Å². The minimum absolute atomic E-state index is 0.237. The summed E-state index contributed by atoms with van der Waals surface area (Å²) < 4.78 is 0. The summed E-state index contributed by atoms with van der Waals surface area (Å²) in [5.41, 5.74) is 1.11. The maximum Gasteiger partial charge on any atom is 0.264 e. The monoisotopic (exact) mass is 276 g/mol. The average Bonchev–Trinajstić information content (AvgIpc) is 3.06. The van der Waals surface area contributed by atoms with E-state index in [0.29, 0.717) is 12.1 Å². The number of likely N-dealkylation sites (tertiary alicyclic amines) is 2. The quantitative estimate of drug-likeness (QED) is 0.792. The maximum absolute atomic E-state index is 12.6. The van der Waals surface area contributed by atoms with Gasteiger partial charge in [0.05, 0.1) is 4.88 Å². The van der Waals surface area contributed by atoms with Crippen molar-refractivity contribution in [3.63, 3.8) is 0 Å². The smallest absolute Gasteiger partial charge is 0.264 e. The fraction of sp³-hybridized carbons (Fsp3) is 0.533. The van der Waals surface area contributed by atoms with Gasteiger partial charge in [-0.2, -0.15) is 0 Å². The maximum atomic E-state index is 12.6. The molecule has 0 N–H and O–H groups in total. The molecule has 3 nitrogen and oxygen atoms in total. The van der Waals surface area contributed by atoms with E-state index in [1.807, 2.05) is 24.4 Å². The van der Waals surface area contributed by atoms with Gasteiger partial charge in [-0.25, -0.2) is 0 Å². The van der Waals surface area contributed by atoms with Gasteiger partial charge in [0.1, 0.15) is 0 Å². The lowest BCUT2D eigenvalue weighted by molar-refractivity contribution is 0.0737. The number of amides is 1. The van der Waals surface area contributed by atoms with Crippen molar-refractivity contribution in [3.05, 3.63) is 34.5 Å². The second-order valence-electron chi connectivity index (χ2n) is 5.43. The van der Waals surface area contributed by atoms with E-state index in [1.54, 1.807) is 11.3 Å². The van der Waals surface area contributed by atoms with Crippen LogP contribution in [-0.2, 0) is 0 Å². The molecule has 2 aliphatic rings. The van der Waals surface area contributed by atoms with E-state index < -0.39 is 0 Å². The van der Waals surface area contributed by atoms with Crippen molar-refractivity contribution in [1.29, 1.82) is 0 Å². The molecule has 2 fully saturated rings. The van der Waals surface area contributed by atoms with E-state index in [0.717, 1.165) is 42.9 Å². The van der Waals surface area contributed by atoms with Gasteiger partial charge >= 0.3 is 0 Å². The van der Waals surface area contributed by atoms with Crippen molar-refractivity contribution in [2.75, 3.05) is 19.6 Å². The molecule has 0 radical (unpaired) electrons. The van der Waals surface area contributed by atoms with Gasteiger partial charge in [-0.05, 0) is 36.8 Å². The second kappa shape index (κ2) is 5.10. The number of aryl methyl sites for hydroxylation is 1. The Morgan fingerprint density at radius 3 is 2.95 bits per heavy atom. The molecule has 4 heteroatoms. The minimum atomic E-state index is 0.237. The number of thiophene rings is 1. The number of carbonyl (C=O) groups is 1. The summed E-state index contributed by atoms with van der Waals surface area (Å²) in [6.07, 6.45) is 4.18. The third kappa shape index (κ3) is 2.13. The Hall–Kier alpha value is -1.13. The highest BCUT2D eigenvalue weighted by atomic mass is 32.1. The highest BCUT2D eigenvalue weighted by molar-refractivity contribution is 7.12. The van der Waals surface area contributed by atoms with Crippen molar-refractivity contribution < 1.29 is 4.79 Å². The molecule has 102 valence electrons. The number of rotatable bonds is 3. The zero-order valence-electron chi connectivity index (χ0n) is 11.3. The Labute approximate surface area is 118 Å². The van der Waals surface area contributed by atoms with E-state index in [1.165, 1.54) is 0 Å². The Morgan fingerprint density at radius 1 is 1.47 bits per heavy atom. The van der Waals surface area contributed by atoms with Crippen LogP contribution in [0.25, 0.3) is 0 Å². The van der Waals surface area contributed by atoms with Gasteiger partial charge in [0.2, 0.25) is 0 Å². The minimum Gasteiger partial charge on any atom is -0.333 e. The van der Waals surface area contributed by atoms with Crippen LogP contribution in [-0.4, -0.2) is 47.4 Å². The van der Waals surface area contributed by atoms with Crippen LogP contribution in [0.1, 0.15) is 28.1 Å². The van der Waals surface area contributed by atoms with Crippen molar-refractivity contribution in [1.82, 2.24) is 9.80 Å². The van der Waals surface area contributed by atoms with Gasteiger partial charge in [0.15, 0.2) is 0 Å². The zero-order chi connectivity index (χ0) is 13.4. The molecular weight excluding hydrogens is 256 g/mol. The lowest BCUT2D eigenvalue weighted by atomic mass is 10.1. The number of nitrogens with zero attached hydrogens (tertiary/aromatic N) is 2. The molecule has 0 aliphatic carbocycles. The molecule has 0 aromatic carbocycles. The van der Waals surface area contributed by atoms with Gasteiger partial charge in [-0.3, -0.25) is 9.69 Å². The first-order valence-corrected chi connectivity index (χ1v) is 7.80. The molecule has 19 heavy (non-hydrogen) atoms. The first-order chi connectivity index (χ1) is 9.22. The predicted molar refractivity (Wildman–Crippen MR) is 78.7 cm³/mol. The predicted octanol–water partition coefficient (Wildman–Crippen LogP) is 2.53. The van der Waals surface area contributed by atoms with Crippen LogP contribution in [0.15, 0.2) is 24.1 Å². The molecule has 0 spiro atoms. The molecule has 0 bridgehead atoms. The largest absolute Gasteiger partial charge is 0.333 e. The number of hydrogen-bond acceptors (Lipinski definition) is 3. The summed E-state index contributed by atoms with van der Waals surface area (Å²) in [7, 11) is 0. The highest BCUT2D eigenvalue weighted by Crippen LogP contribution is 2.33. The van der Waals surface area contributed by atoms with Crippen LogP contribution in [0.3, 0.4) is 0 Å². The third-order valence-electron chi connectivity index (χ3n) is 4.37. The summed E-state index contributed by atoms with van der Waals surface area (Å²) in [4.78, 5) is 18.1. The van der Waals surface area contributed by atoms with Gasteiger partial charge in [0.25, 0.3) is 5.91 Å². The zero-order valence-corrected chi connectivity index (χ0v) is 12.2. The van der Waals surface area contributed by atoms with Crippen molar-refractivity contribution in [2.45, 2.75) is 31.8 Å². The second-order valence-corrected chi connectivity index (χ2v) is 6.34. The SMILES string of the molecule is C=CCN1CC[C@@H]2[C@@H]1CCN2C(=O)c1sccc1C. The third-order valence-corrected chi connectivity index (χ3v) is 5.38. The summed E-state index contributed by atoms with van der Waals surface area (Å²) in [6, 6.07) is 2.99. The Morgan fingerprint density at radius 2 is 2.26 bits per heavy atom. The normalized spacial score (nSPS) is 26.7. The van der Waals surface area contributed by atoms with Crippen molar-refractivity contribution in [2.24, 2.45) is 0 Å². The van der Waals surface area contributed by atoms with Gasteiger partial charge in [-0.15, -0.1) is 17.9 Å². The topological polar surface area (TPSA) is 23.6 Å². The molecule has 3 heterocycles. The van der Waals surface area contributed by atoms with Crippen LogP contribution >= 0.6 is 11.3 Å². The molecule has 0 saturated carbocycles. The van der Waals surface area contributed by atoms with E-state index >= 15 is 0 Å². The van der Waals surface area contributed by atoms with Gasteiger partial charge in [0, 0.05) is 31.7 Å². The first kappa shape index (κ1) is 12.9. The summed E-state index contributed by atoms with van der Waals surface area (Å²) in [5, 5.41) is 2.01. The fourth-order valence-corrected chi connectivity index (χ4v) is 4.32. The lowest BCUT2D eigenvalue weighted by Gasteiger charge is -2.25. The summed E-state index contributed by atoms with van der Waals surface area (Å²) in [6.45, 7) is 8.79. The molecule has 2 atom stereocenters. The van der Waals surface area contributed by atoms with Crippen LogP contribution in [0, 0.1) is 6.92 Å². The molecule has 0 unspecified atom stereocenters. The summed E-state index contributed by atoms with van der Waals surface area (Å²) in [5.74, 6) is 0.237. The van der Waals surface area contributed by atoms with E-state index in [-0.39, 0.29) is 5.91 Å². The van der Waals surface area contributed by atoms with Gasteiger partial charge < -0.3 is 4.90 Å². The molecule has 1 aromatic heterocycles. The molecular formula is C15H20N2OS. The van der Waals surface area contributed by atoms with Gasteiger partial charge in [-0.1, -0.05) is 6.08 Å². The fourth-order valence-electron chi connectivity index (χ4n) is 3.44. The van der Waals surface area contributed by atoms with E-state index in [9.17, 15) is 4.79 Å².